The predicted molar refractivity (Wildman–Crippen MR) is 358 cm³/mol. The standard InChI is InChI=1S/C76H136O6/c1-4-7-10-13-16-19-22-25-28-31-33-35-36-37-38-39-41-42-45-48-51-54-57-60-63-66-69-75(78)81-72-73(71-80-74(77)68-65-62-59-56-53-50-47-44-30-27-24-21-18-15-12-9-6-3)82-76(79)70-67-64-61-58-55-52-49-46-43-40-34-32-29-26-23-20-17-14-11-8-5-2/h8,11,17,20,26,29,34,40,46,49,55,58,73H,4-7,9-10,12-16,18-19,21-25,27-28,30-33,35-39,41-45,47-48,50-54,56-57,59-72H2,1-3H3/b11-8-,20-17-,29-26-,40-34-,49-46-,58-55-. The Morgan fingerprint density at radius 1 is 0.256 bits per heavy atom. The SMILES string of the molecule is CC/C=C\C/C=C\C/C=C\C/C=C\C/C=C\C/C=C\CCCCC(=O)OC(COC(=O)CCCCCCCCCCCCCCCCCCC)COC(=O)CCCCCCCCCCCCCCCCCCCCCCCCCCCC. The minimum Gasteiger partial charge on any atom is -0.462 e. The van der Waals surface area contributed by atoms with Gasteiger partial charge in [-0.15, -0.1) is 0 Å². The van der Waals surface area contributed by atoms with Crippen molar-refractivity contribution in [2.24, 2.45) is 0 Å². The fraction of sp³-hybridized carbons (Fsp3) is 0.803. The molecule has 1 atom stereocenters. The molecule has 0 radical (unpaired) electrons. The van der Waals surface area contributed by atoms with E-state index in [0.29, 0.717) is 19.3 Å². The third kappa shape index (κ3) is 67.6. The van der Waals surface area contributed by atoms with Crippen LogP contribution in [0.3, 0.4) is 0 Å². The molecule has 0 aliphatic rings. The smallest absolute Gasteiger partial charge is 0.306 e. The van der Waals surface area contributed by atoms with Crippen LogP contribution in [0.4, 0.5) is 0 Å². The van der Waals surface area contributed by atoms with Crippen molar-refractivity contribution >= 4 is 17.9 Å². The van der Waals surface area contributed by atoms with Crippen LogP contribution in [0.1, 0.15) is 374 Å². The zero-order valence-corrected chi connectivity index (χ0v) is 54.8. The number of allylic oxidation sites excluding steroid dienone is 12. The lowest BCUT2D eigenvalue weighted by molar-refractivity contribution is -0.167. The van der Waals surface area contributed by atoms with E-state index in [4.69, 9.17) is 14.2 Å². The largest absolute Gasteiger partial charge is 0.462 e. The zero-order valence-electron chi connectivity index (χ0n) is 54.8. The summed E-state index contributed by atoms with van der Waals surface area (Å²) in [6.07, 6.45) is 92.2. The van der Waals surface area contributed by atoms with Gasteiger partial charge in [-0.25, -0.2) is 0 Å². The average molecular weight is 1150 g/mol. The molecule has 1 unspecified atom stereocenters. The number of rotatable bonds is 66. The number of unbranched alkanes of at least 4 members (excludes halogenated alkanes) is 43. The highest BCUT2D eigenvalue weighted by atomic mass is 16.6. The lowest BCUT2D eigenvalue weighted by Crippen LogP contribution is -2.30. The van der Waals surface area contributed by atoms with Gasteiger partial charge < -0.3 is 14.2 Å². The van der Waals surface area contributed by atoms with Crippen LogP contribution in [0.2, 0.25) is 0 Å². The molecule has 0 aromatic rings. The Morgan fingerprint density at radius 3 is 0.744 bits per heavy atom. The summed E-state index contributed by atoms with van der Waals surface area (Å²) in [4.78, 5) is 38.5. The van der Waals surface area contributed by atoms with Gasteiger partial charge in [-0.1, -0.05) is 357 Å². The highest BCUT2D eigenvalue weighted by molar-refractivity contribution is 5.71. The fourth-order valence-corrected chi connectivity index (χ4v) is 10.6. The van der Waals surface area contributed by atoms with E-state index in [-0.39, 0.29) is 37.5 Å². The Morgan fingerprint density at radius 2 is 0.476 bits per heavy atom. The third-order valence-electron chi connectivity index (χ3n) is 16.0. The molecule has 0 aliphatic heterocycles. The van der Waals surface area contributed by atoms with Gasteiger partial charge in [-0.3, -0.25) is 14.4 Å². The summed E-state index contributed by atoms with van der Waals surface area (Å²) >= 11 is 0. The zero-order chi connectivity index (χ0) is 59.2. The van der Waals surface area contributed by atoms with E-state index >= 15 is 0 Å². The van der Waals surface area contributed by atoms with Crippen molar-refractivity contribution in [3.05, 3.63) is 72.9 Å². The molecule has 0 saturated carbocycles. The summed E-state index contributed by atoms with van der Waals surface area (Å²) in [7, 11) is 0. The fourth-order valence-electron chi connectivity index (χ4n) is 10.6. The number of carbonyl (C=O) groups excluding carboxylic acids is 3. The van der Waals surface area contributed by atoms with Crippen LogP contribution in [-0.2, 0) is 28.6 Å². The highest BCUT2D eigenvalue weighted by Crippen LogP contribution is 2.18. The monoisotopic (exact) mass is 1150 g/mol. The van der Waals surface area contributed by atoms with Crippen molar-refractivity contribution in [3.63, 3.8) is 0 Å². The van der Waals surface area contributed by atoms with Crippen LogP contribution >= 0.6 is 0 Å². The van der Waals surface area contributed by atoms with Crippen molar-refractivity contribution in [1.29, 1.82) is 0 Å². The van der Waals surface area contributed by atoms with E-state index < -0.39 is 6.10 Å². The number of hydrogen-bond donors (Lipinski definition) is 0. The van der Waals surface area contributed by atoms with Gasteiger partial charge in [0, 0.05) is 19.3 Å². The molecule has 0 saturated heterocycles. The summed E-state index contributed by atoms with van der Waals surface area (Å²) in [6, 6.07) is 0. The number of hydrogen-bond acceptors (Lipinski definition) is 6. The van der Waals surface area contributed by atoms with Gasteiger partial charge >= 0.3 is 17.9 Å². The molecule has 0 heterocycles. The van der Waals surface area contributed by atoms with Crippen LogP contribution in [0.5, 0.6) is 0 Å². The molecule has 6 nitrogen and oxygen atoms in total. The molecule has 6 heteroatoms. The molecule has 0 bridgehead atoms. The molecular weight excluding hydrogens is 1010 g/mol. The molecule has 0 aromatic carbocycles. The lowest BCUT2D eigenvalue weighted by Gasteiger charge is -2.18. The second-order valence-corrected chi connectivity index (χ2v) is 24.1. The molecule has 0 rings (SSSR count). The van der Waals surface area contributed by atoms with Crippen molar-refractivity contribution < 1.29 is 28.6 Å². The van der Waals surface area contributed by atoms with Gasteiger partial charge in [0.05, 0.1) is 0 Å². The summed E-state index contributed by atoms with van der Waals surface area (Å²) in [5, 5.41) is 0. The first kappa shape index (κ1) is 78.8. The minimum absolute atomic E-state index is 0.0883. The van der Waals surface area contributed by atoms with Crippen LogP contribution in [0, 0.1) is 0 Å². The summed E-state index contributed by atoms with van der Waals surface area (Å²) in [5.74, 6) is -0.907. The maximum Gasteiger partial charge on any atom is 0.306 e. The van der Waals surface area contributed by atoms with Gasteiger partial charge in [-0.2, -0.15) is 0 Å². The molecule has 0 aromatic heterocycles. The van der Waals surface area contributed by atoms with Crippen molar-refractivity contribution in [3.8, 4) is 0 Å². The Bertz CT molecular complexity index is 1500. The van der Waals surface area contributed by atoms with E-state index in [1.165, 1.54) is 238 Å². The molecule has 0 fully saturated rings. The predicted octanol–water partition coefficient (Wildman–Crippen LogP) is 24.8. The second-order valence-electron chi connectivity index (χ2n) is 24.1. The van der Waals surface area contributed by atoms with E-state index in [9.17, 15) is 14.4 Å². The molecule has 0 aliphatic carbocycles. The van der Waals surface area contributed by atoms with Crippen LogP contribution in [0.25, 0.3) is 0 Å². The van der Waals surface area contributed by atoms with Gasteiger partial charge in [0.25, 0.3) is 0 Å². The number of esters is 3. The lowest BCUT2D eigenvalue weighted by atomic mass is 10.0. The van der Waals surface area contributed by atoms with Crippen LogP contribution < -0.4 is 0 Å². The second kappa shape index (κ2) is 70.3. The molecule has 476 valence electrons. The first-order chi connectivity index (χ1) is 40.5. The average Bonchev–Trinajstić information content (AvgIpc) is 3.47. The highest BCUT2D eigenvalue weighted by Gasteiger charge is 2.19. The summed E-state index contributed by atoms with van der Waals surface area (Å²) in [6.45, 7) is 6.56. The van der Waals surface area contributed by atoms with Crippen LogP contribution in [-0.4, -0.2) is 37.2 Å². The van der Waals surface area contributed by atoms with Gasteiger partial charge in [0.2, 0.25) is 0 Å². The Kier molecular flexibility index (Phi) is 67.6. The van der Waals surface area contributed by atoms with Gasteiger partial charge in [-0.05, 0) is 70.6 Å². The Balaban J connectivity index is 4.35. The number of carbonyl (C=O) groups is 3. The maximum absolute atomic E-state index is 12.9. The summed E-state index contributed by atoms with van der Waals surface area (Å²) in [5.41, 5.74) is 0. The molecule has 82 heavy (non-hydrogen) atoms. The molecule has 0 spiro atoms. The van der Waals surface area contributed by atoms with Crippen molar-refractivity contribution in [1.82, 2.24) is 0 Å². The van der Waals surface area contributed by atoms with E-state index in [2.05, 4.69) is 93.7 Å². The summed E-state index contributed by atoms with van der Waals surface area (Å²) < 4.78 is 17.0. The maximum atomic E-state index is 12.9. The number of ether oxygens (including phenoxy) is 3. The first-order valence-electron chi connectivity index (χ1n) is 35.9. The van der Waals surface area contributed by atoms with E-state index in [1.54, 1.807) is 0 Å². The Labute approximate surface area is 510 Å². The molecule has 0 amide bonds. The minimum atomic E-state index is -0.798. The van der Waals surface area contributed by atoms with Crippen LogP contribution in [0.15, 0.2) is 72.9 Å². The molecular formula is C76H136O6. The normalized spacial score (nSPS) is 12.5. The van der Waals surface area contributed by atoms with E-state index in [1.807, 2.05) is 0 Å². The first-order valence-corrected chi connectivity index (χ1v) is 35.9. The van der Waals surface area contributed by atoms with Gasteiger partial charge in [0.15, 0.2) is 6.10 Å². The topological polar surface area (TPSA) is 78.9 Å². The quantitative estimate of drug-likeness (QED) is 0.0261. The third-order valence-corrected chi connectivity index (χ3v) is 16.0. The molecule has 0 N–H and O–H groups in total. The van der Waals surface area contributed by atoms with Gasteiger partial charge in [0.1, 0.15) is 13.2 Å². The Hall–Kier alpha value is -3.15. The van der Waals surface area contributed by atoms with E-state index in [0.717, 1.165) is 89.9 Å². The van der Waals surface area contributed by atoms with Crippen molar-refractivity contribution in [2.75, 3.05) is 13.2 Å². The van der Waals surface area contributed by atoms with Crippen molar-refractivity contribution in [2.45, 2.75) is 380 Å².